The van der Waals surface area contributed by atoms with Gasteiger partial charge < -0.3 is 9.64 Å². The van der Waals surface area contributed by atoms with E-state index in [1.807, 2.05) is 32.0 Å². The Kier molecular flexibility index (Phi) is 5.38. The van der Waals surface area contributed by atoms with Gasteiger partial charge in [0.2, 0.25) is 5.91 Å². The summed E-state index contributed by atoms with van der Waals surface area (Å²) in [4.78, 5) is 25.4. The van der Waals surface area contributed by atoms with Crippen molar-refractivity contribution in [1.82, 2.24) is 10.3 Å². The van der Waals surface area contributed by atoms with Crippen LogP contribution in [0.5, 0.6) is 5.75 Å². The number of likely N-dealkylation sites (tertiary alicyclic amines) is 1. The molecular formula is C16H23N3O3. The van der Waals surface area contributed by atoms with Gasteiger partial charge in [0.25, 0.3) is 5.91 Å². The number of benzene rings is 1. The fourth-order valence-electron chi connectivity index (χ4n) is 2.70. The molecule has 1 aliphatic rings. The number of nitrogens with zero attached hydrogens (tertiary/aromatic N) is 1. The van der Waals surface area contributed by atoms with E-state index in [2.05, 4.69) is 5.43 Å². The second-order valence-electron chi connectivity index (χ2n) is 5.72. The van der Waals surface area contributed by atoms with Gasteiger partial charge in [-0.25, -0.2) is 5.84 Å². The molecule has 22 heavy (non-hydrogen) atoms. The molecule has 6 nitrogen and oxygen atoms in total. The van der Waals surface area contributed by atoms with Crippen molar-refractivity contribution >= 4 is 11.8 Å². The van der Waals surface area contributed by atoms with Crippen LogP contribution in [0.4, 0.5) is 0 Å². The Balaban J connectivity index is 1.82. The van der Waals surface area contributed by atoms with Crippen molar-refractivity contribution in [3.8, 4) is 5.75 Å². The normalized spacial score (nSPS) is 15.5. The van der Waals surface area contributed by atoms with Gasteiger partial charge in [0.05, 0.1) is 0 Å². The van der Waals surface area contributed by atoms with Crippen LogP contribution in [-0.2, 0) is 9.59 Å². The first kappa shape index (κ1) is 16.3. The number of hydrogen-bond acceptors (Lipinski definition) is 4. The lowest BCUT2D eigenvalue weighted by atomic mass is 9.96. The third-order valence-electron chi connectivity index (χ3n) is 4.04. The zero-order valence-corrected chi connectivity index (χ0v) is 13.1. The number of carbonyl (C=O) groups is 2. The first-order valence-corrected chi connectivity index (χ1v) is 7.49. The van der Waals surface area contributed by atoms with Crippen LogP contribution in [0, 0.1) is 19.8 Å². The first-order valence-electron chi connectivity index (χ1n) is 7.49. The SMILES string of the molecule is Cc1ccc(OCC(=O)N2CCC(C(=O)NN)CC2)c(C)c1. The number of piperidine rings is 1. The molecule has 0 unspecified atom stereocenters. The predicted octanol–water partition coefficient (Wildman–Crippen LogP) is 0.911. The van der Waals surface area contributed by atoms with E-state index in [4.69, 9.17) is 10.6 Å². The molecule has 1 aliphatic heterocycles. The Morgan fingerprint density at radius 1 is 1.32 bits per heavy atom. The average molecular weight is 305 g/mol. The molecule has 1 aromatic rings. The summed E-state index contributed by atoms with van der Waals surface area (Å²) in [6.45, 7) is 5.13. The molecule has 6 heteroatoms. The Morgan fingerprint density at radius 2 is 2.00 bits per heavy atom. The van der Waals surface area contributed by atoms with E-state index in [0.29, 0.717) is 25.9 Å². The molecule has 1 fully saturated rings. The monoisotopic (exact) mass is 305 g/mol. The van der Waals surface area contributed by atoms with Crippen molar-refractivity contribution in [3.05, 3.63) is 29.3 Å². The molecule has 0 radical (unpaired) electrons. The Morgan fingerprint density at radius 3 is 2.59 bits per heavy atom. The maximum atomic E-state index is 12.2. The maximum Gasteiger partial charge on any atom is 0.260 e. The Hall–Kier alpha value is -2.08. The molecule has 0 saturated carbocycles. The second-order valence-corrected chi connectivity index (χ2v) is 5.72. The zero-order chi connectivity index (χ0) is 16.1. The summed E-state index contributed by atoms with van der Waals surface area (Å²) in [5, 5.41) is 0. The van der Waals surface area contributed by atoms with Crippen molar-refractivity contribution in [2.45, 2.75) is 26.7 Å². The topological polar surface area (TPSA) is 84.7 Å². The van der Waals surface area contributed by atoms with Crippen LogP contribution in [0.15, 0.2) is 18.2 Å². The Labute approximate surface area is 130 Å². The molecule has 2 amide bonds. The fraction of sp³-hybridized carbons (Fsp3) is 0.500. The van der Waals surface area contributed by atoms with Gasteiger partial charge in [0.1, 0.15) is 5.75 Å². The van der Waals surface area contributed by atoms with Crippen molar-refractivity contribution in [1.29, 1.82) is 0 Å². The van der Waals surface area contributed by atoms with Crippen LogP contribution in [-0.4, -0.2) is 36.4 Å². The van der Waals surface area contributed by atoms with E-state index in [1.165, 1.54) is 0 Å². The fourth-order valence-corrected chi connectivity index (χ4v) is 2.70. The van der Waals surface area contributed by atoms with Crippen molar-refractivity contribution in [3.63, 3.8) is 0 Å². The lowest BCUT2D eigenvalue weighted by Gasteiger charge is -2.31. The molecule has 1 saturated heterocycles. The van der Waals surface area contributed by atoms with Crippen molar-refractivity contribution in [2.24, 2.45) is 11.8 Å². The minimum atomic E-state index is -0.154. The van der Waals surface area contributed by atoms with Gasteiger partial charge in [-0.05, 0) is 38.3 Å². The van der Waals surface area contributed by atoms with E-state index in [-0.39, 0.29) is 24.3 Å². The number of ether oxygens (including phenoxy) is 1. The van der Waals surface area contributed by atoms with E-state index in [9.17, 15) is 9.59 Å². The number of aryl methyl sites for hydroxylation is 2. The number of carbonyl (C=O) groups excluding carboxylic acids is 2. The third kappa shape index (κ3) is 3.98. The molecular weight excluding hydrogens is 282 g/mol. The molecule has 2 rings (SSSR count). The van der Waals surface area contributed by atoms with Crippen LogP contribution in [0.25, 0.3) is 0 Å². The maximum absolute atomic E-state index is 12.2. The summed E-state index contributed by atoms with van der Waals surface area (Å²) in [6, 6.07) is 5.87. The summed E-state index contributed by atoms with van der Waals surface area (Å²) < 4.78 is 5.61. The number of hydrogen-bond donors (Lipinski definition) is 2. The average Bonchev–Trinajstić information content (AvgIpc) is 2.53. The number of amides is 2. The number of rotatable bonds is 4. The molecule has 0 spiro atoms. The van der Waals surface area contributed by atoms with E-state index >= 15 is 0 Å². The number of nitrogens with one attached hydrogen (secondary N) is 1. The van der Waals surface area contributed by atoms with Gasteiger partial charge in [-0.2, -0.15) is 0 Å². The molecule has 120 valence electrons. The lowest BCUT2D eigenvalue weighted by Crippen LogP contribution is -2.45. The highest BCUT2D eigenvalue weighted by atomic mass is 16.5. The Bertz CT molecular complexity index is 552. The highest BCUT2D eigenvalue weighted by molar-refractivity contribution is 5.80. The molecule has 0 aromatic heterocycles. The summed E-state index contributed by atoms with van der Waals surface area (Å²) in [7, 11) is 0. The van der Waals surface area contributed by atoms with E-state index in [0.717, 1.165) is 16.9 Å². The first-order chi connectivity index (χ1) is 10.5. The summed E-state index contributed by atoms with van der Waals surface area (Å²) in [6.07, 6.45) is 1.27. The van der Waals surface area contributed by atoms with Crippen molar-refractivity contribution in [2.75, 3.05) is 19.7 Å². The van der Waals surface area contributed by atoms with Crippen LogP contribution in [0.3, 0.4) is 0 Å². The highest BCUT2D eigenvalue weighted by Gasteiger charge is 2.27. The van der Waals surface area contributed by atoms with Crippen molar-refractivity contribution < 1.29 is 14.3 Å². The highest BCUT2D eigenvalue weighted by Crippen LogP contribution is 2.20. The number of hydrazine groups is 1. The smallest absolute Gasteiger partial charge is 0.260 e. The summed E-state index contributed by atoms with van der Waals surface area (Å²) >= 11 is 0. The van der Waals surface area contributed by atoms with Gasteiger partial charge in [-0.3, -0.25) is 15.0 Å². The molecule has 0 atom stereocenters. The third-order valence-corrected chi connectivity index (χ3v) is 4.04. The van der Waals surface area contributed by atoms with Gasteiger partial charge in [0, 0.05) is 19.0 Å². The standard InChI is InChI=1S/C16H23N3O3/c1-11-3-4-14(12(2)9-11)22-10-15(20)19-7-5-13(6-8-19)16(21)18-17/h3-4,9,13H,5-8,10,17H2,1-2H3,(H,18,21). The van der Waals surface area contributed by atoms with Crippen LogP contribution in [0.2, 0.25) is 0 Å². The van der Waals surface area contributed by atoms with Gasteiger partial charge in [0.15, 0.2) is 6.61 Å². The predicted molar refractivity (Wildman–Crippen MR) is 83.0 cm³/mol. The van der Waals surface area contributed by atoms with Crippen LogP contribution < -0.4 is 16.0 Å². The van der Waals surface area contributed by atoms with Crippen LogP contribution >= 0.6 is 0 Å². The lowest BCUT2D eigenvalue weighted by molar-refractivity contribution is -0.137. The molecule has 0 aliphatic carbocycles. The minimum absolute atomic E-state index is 0.0254. The summed E-state index contributed by atoms with van der Waals surface area (Å²) in [5.41, 5.74) is 4.35. The van der Waals surface area contributed by atoms with Gasteiger partial charge in [-0.15, -0.1) is 0 Å². The molecule has 3 N–H and O–H groups in total. The summed E-state index contributed by atoms with van der Waals surface area (Å²) in [5.74, 6) is 5.56. The van der Waals surface area contributed by atoms with E-state index in [1.54, 1.807) is 4.90 Å². The molecule has 1 heterocycles. The minimum Gasteiger partial charge on any atom is -0.484 e. The molecule has 1 aromatic carbocycles. The quantitative estimate of drug-likeness (QED) is 0.492. The van der Waals surface area contributed by atoms with Crippen LogP contribution in [0.1, 0.15) is 24.0 Å². The number of nitrogens with two attached hydrogens (primary N) is 1. The second kappa shape index (κ2) is 7.26. The van der Waals surface area contributed by atoms with E-state index < -0.39 is 0 Å². The molecule has 0 bridgehead atoms. The zero-order valence-electron chi connectivity index (χ0n) is 13.1. The largest absolute Gasteiger partial charge is 0.484 e. The van der Waals surface area contributed by atoms with Gasteiger partial charge in [-0.1, -0.05) is 17.7 Å². The van der Waals surface area contributed by atoms with Gasteiger partial charge >= 0.3 is 0 Å².